The van der Waals surface area contributed by atoms with Crippen molar-refractivity contribution in [2.24, 2.45) is 5.10 Å². The first-order chi connectivity index (χ1) is 18.2. The second kappa shape index (κ2) is 13.7. The number of amides is 1. The molecule has 0 N–H and O–H groups in total. The van der Waals surface area contributed by atoms with Gasteiger partial charge in [-0.05, 0) is 37.6 Å². The minimum Gasteiger partial charge on any atom is -0.459 e. The summed E-state index contributed by atoms with van der Waals surface area (Å²) in [6.07, 6.45) is -4.48. The molecular weight excluding hydrogens is 534 g/mol. The number of anilines is 1. The highest BCUT2D eigenvalue weighted by Crippen LogP contribution is 2.26. The van der Waals surface area contributed by atoms with Crippen LogP contribution >= 0.6 is 11.6 Å². The molecule has 0 fully saturated rings. The number of hydrazone groups is 1. The van der Waals surface area contributed by atoms with Crippen molar-refractivity contribution >= 4 is 64.3 Å². The first-order valence-electron chi connectivity index (χ1n) is 11.8. The van der Waals surface area contributed by atoms with Crippen LogP contribution in [0.15, 0.2) is 29.4 Å². The Hall–Kier alpha value is -4.06. The molecule has 1 amide bonds. The highest BCUT2D eigenvalue weighted by Gasteiger charge is 2.41. The van der Waals surface area contributed by atoms with E-state index in [1.54, 1.807) is 24.3 Å². The number of ether oxygens (including phenoxy) is 4. The molecule has 0 saturated heterocycles. The van der Waals surface area contributed by atoms with E-state index in [-0.39, 0.29) is 5.82 Å². The van der Waals surface area contributed by atoms with Gasteiger partial charge in [-0.25, -0.2) is 4.98 Å². The number of aromatic nitrogens is 1. The highest BCUT2D eigenvalue weighted by molar-refractivity contribution is 6.31. The number of hydrogen-bond acceptors (Lipinski definition) is 11. The molecule has 0 aliphatic carbocycles. The molecule has 1 aromatic carbocycles. The topological polar surface area (TPSA) is 151 Å². The third-order valence-electron chi connectivity index (χ3n) is 5.18. The Morgan fingerprint density at radius 3 is 1.97 bits per heavy atom. The molecule has 0 aliphatic rings. The van der Waals surface area contributed by atoms with Crippen LogP contribution < -0.4 is 5.01 Å². The van der Waals surface area contributed by atoms with E-state index in [1.807, 2.05) is 6.92 Å². The van der Waals surface area contributed by atoms with Gasteiger partial charge in [0, 0.05) is 45.0 Å². The summed E-state index contributed by atoms with van der Waals surface area (Å²) in [7, 11) is 0. The van der Waals surface area contributed by atoms with E-state index in [4.69, 9.17) is 30.5 Å². The van der Waals surface area contributed by atoms with Crippen molar-refractivity contribution in [3.8, 4) is 0 Å². The predicted octanol–water partition coefficient (Wildman–Crippen LogP) is 3.28. The maximum absolute atomic E-state index is 12.6. The zero-order valence-electron chi connectivity index (χ0n) is 22.6. The number of fused-ring (bicyclic) bond motifs is 1. The molecule has 2 aromatic rings. The van der Waals surface area contributed by atoms with Crippen LogP contribution in [0.3, 0.4) is 0 Å². The number of rotatable bonds is 10. The number of aryl methyl sites for hydroxylation is 1. The van der Waals surface area contributed by atoms with Gasteiger partial charge < -0.3 is 18.9 Å². The van der Waals surface area contributed by atoms with Crippen LogP contribution in [0.1, 0.15) is 47.1 Å². The van der Waals surface area contributed by atoms with Gasteiger partial charge in [-0.15, -0.1) is 0 Å². The maximum Gasteiger partial charge on any atom is 0.303 e. The van der Waals surface area contributed by atoms with E-state index in [1.165, 1.54) is 13.8 Å². The van der Waals surface area contributed by atoms with Crippen LogP contribution in [0.25, 0.3) is 10.9 Å². The first kappa shape index (κ1) is 31.2. The quantitative estimate of drug-likeness (QED) is 0.182. The van der Waals surface area contributed by atoms with Crippen molar-refractivity contribution in [1.82, 2.24) is 4.98 Å². The van der Waals surface area contributed by atoms with E-state index in [0.29, 0.717) is 10.5 Å². The van der Waals surface area contributed by atoms with Gasteiger partial charge in [0.2, 0.25) is 5.91 Å². The van der Waals surface area contributed by atoms with Crippen LogP contribution in [-0.4, -0.2) is 65.4 Å². The highest BCUT2D eigenvalue weighted by atomic mass is 35.5. The summed E-state index contributed by atoms with van der Waals surface area (Å²) in [5.41, 5.74) is 1.30. The van der Waals surface area contributed by atoms with Gasteiger partial charge in [-0.2, -0.15) is 10.1 Å². The molecule has 0 spiro atoms. The summed E-state index contributed by atoms with van der Waals surface area (Å²) in [6, 6.07) is 6.77. The predicted molar refractivity (Wildman–Crippen MR) is 141 cm³/mol. The Kier molecular flexibility index (Phi) is 10.9. The molecule has 0 radical (unpaired) electrons. The van der Waals surface area contributed by atoms with E-state index in [0.717, 1.165) is 49.9 Å². The summed E-state index contributed by atoms with van der Waals surface area (Å²) >= 11 is 6.11. The van der Waals surface area contributed by atoms with Crippen molar-refractivity contribution in [1.29, 1.82) is 0 Å². The number of pyridine rings is 1. The van der Waals surface area contributed by atoms with Crippen LogP contribution in [0.2, 0.25) is 5.02 Å². The molecule has 4 atom stereocenters. The lowest BCUT2D eigenvalue weighted by Crippen LogP contribution is -2.51. The van der Waals surface area contributed by atoms with Crippen LogP contribution in [0.5, 0.6) is 0 Å². The fourth-order valence-corrected chi connectivity index (χ4v) is 3.90. The fraction of sp³-hybridized carbons (Fsp3) is 0.423. The lowest BCUT2D eigenvalue weighted by Gasteiger charge is -2.33. The lowest BCUT2D eigenvalue weighted by atomic mass is 10.0. The van der Waals surface area contributed by atoms with E-state index in [9.17, 15) is 24.0 Å². The van der Waals surface area contributed by atoms with Gasteiger partial charge in [0.15, 0.2) is 24.1 Å². The monoisotopic (exact) mass is 563 g/mol. The smallest absolute Gasteiger partial charge is 0.303 e. The molecule has 1 aromatic heterocycles. The second-order valence-electron chi connectivity index (χ2n) is 8.59. The molecule has 39 heavy (non-hydrogen) atoms. The normalized spacial score (nSPS) is 14.2. The van der Waals surface area contributed by atoms with Crippen LogP contribution in [0.4, 0.5) is 5.82 Å². The van der Waals surface area contributed by atoms with Gasteiger partial charge >= 0.3 is 23.9 Å². The molecule has 0 saturated carbocycles. The van der Waals surface area contributed by atoms with Crippen molar-refractivity contribution in [2.45, 2.75) is 72.9 Å². The SMILES string of the molecule is CC(=O)O[C@H]([C@H](OC(C)=O)[C@H](C)OC(C)=O)[C@@H](/C=N/N(C(C)=O)c1cc(C)c2ccc(Cl)cc2n1)OC(C)=O. The average molecular weight is 564 g/mol. The number of carbonyl (C=O) groups excluding carboxylic acids is 5. The average Bonchev–Trinajstić information content (AvgIpc) is 2.79. The van der Waals surface area contributed by atoms with Gasteiger partial charge in [-0.3, -0.25) is 24.0 Å². The molecule has 1 heterocycles. The number of esters is 4. The Labute approximate surface area is 230 Å². The van der Waals surface area contributed by atoms with Gasteiger partial charge in [0.05, 0.1) is 11.7 Å². The second-order valence-corrected chi connectivity index (χ2v) is 9.03. The van der Waals surface area contributed by atoms with Gasteiger partial charge in [-0.1, -0.05) is 17.7 Å². The maximum atomic E-state index is 12.6. The summed E-state index contributed by atoms with van der Waals surface area (Å²) in [4.78, 5) is 64.5. The fourth-order valence-electron chi connectivity index (χ4n) is 3.74. The Morgan fingerprint density at radius 1 is 0.872 bits per heavy atom. The van der Waals surface area contributed by atoms with Crippen molar-refractivity contribution in [2.75, 3.05) is 5.01 Å². The van der Waals surface area contributed by atoms with E-state index >= 15 is 0 Å². The van der Waals surface area contributed by atoms with Gasteiger partial charge in [0.25, 0.3) is 0 Å². The molecular formula is C26H30ClN3O9. The molecule has 0 bridgehead atoms. The number of carbonyl (C=O) groups is 5. The van der Waals surface area contributed by atoms with Gasteiger partial charge in [0.1, 0.15) is 6.10 Å². The molecule has 12 nitrogen and oxygen atoms in total. The van der Waals surface area contributed by atoms with E-state index < -0.39 is 54.2 Å². The third kappa shape index (κ3) is 9.02. The van der Waals surface area contributed by atoms with Crippen molar-refractivity contribution < 1.29 is 42.9 Å². The Balaban J connectivity index is 2.60. The van der Waals surface area contributed by atoms with Crippen LogP contribution in [0, 0.1) is 6.92 Å². The standard InChI is InChI=1S/C26H30ClN3O9/c1-13-10-24(29-22-11-20(27)8-9-21(13)22)30(15(3)31)28-12-23(37-17(5)33)26(39-19(7)35)25(38-18(6)34)14(2)36-16(4)32/h8-12,14,23,25-26H,1-7H3/b28-12+/t14-,23+,25+,26-/m0/s1. The molecule has 0 aliphatic heterocycles. The number of benzene rings is 1. The summed E-state index contributed by atoms with van der Waals surface area (Å²) in [6.45, 7) is 8.90. The largest absolute Gasteiger partial charge is 0.459 e. The number of halogens is 1. The lowest BCUT2D eigenvalue weighted by molar-refractivity contribution is -0.191. The Bertz CT molecular complexity index is 1300. The molecule has 2 rings (SSSR count). The zero-order valence-corrected chi connectivity index (χ0v) is 23.3. The van der Waals surface area contributed by atoms with Crippen LogP contribution in [-0.2, 0) is 42.9 Å². The van der Waals surface area contributed by atoms with Crippen molar-refractivity contribution in [3.05, 3.63) is 34.9 Å². The van der Waals surface area contributed by atoms with E-state index in [2.05, 4.69) is 10.1 Å². The zero-order chi connectivity index (χ0) is 29.4. The molecule has 210 valence electrons. The third-order valence-corrected chi connectivity index (χ3v) is 5.41. The minimum atomic E-state index is -1.51. The molecule has 13 heteroatoms. The first-order valence-corrected chi connectivity index (χ1v) is 12.2. The Morgan fingerprint density at radius 2 is 1.44 bits per heavy atom. The van der Waals surface area contributed by atoms with Crippen molar-refractivity contribution in [3.63, 3.8) is 0 Å². The minimum absolute atomic E-state index is 0.140. The summed E-state index contributed by atoms with van der Waals surface area (Å²) in [5, 5.41) is 6.38. The number of nitrogens with zero attached hydrogens (tertiary/aromatic N) is 3. The molecule has 0 unspecified atom stereocenters. The summed E-state index contributed by atoms with van der Waals surface area (Å²) < 4.78 is 21.1. The summed E-state index contributed by atoms with van der Waals surface area (Å²) in [5.74, 6) is -3.50. The number of hydrogen-bond donors (Lipinski definition) is 0.